The molecule has 5 heteroatoms. The fourth-order valence-corrected chi connectivity index (χ4v) is 2.74. The molecule has 0 amide bonds. The number of nitrogens with zero attached hydrogens (tertiary/aromatic N) is 3. The molecule has 92 valence electrons. The molecule has 0 aromatic carbocycles. The van der Waals surface area contributed by atoms with Gasteiger partial charge in [0.1, 0.15) is 22.9 Å². The van der Waals surface area contributed by atoms with Crippen LogP contribution in [0, 0.1) is 0 Å². The Morgan fingerprint density at radius 3 is 2.89 bits per heavy atom. The summed E-state index contributed by atoms with van der Waals surface area (Å²) in [5.74, 6) is 1.88. The van der Waals surface area contributed by atoms with E-state index in [1.165, 1.54) is 0 Å². The minimum absolute atomic E-state index is 0.340. The SMILES string of the molecule is CC(C)c1nc(-c2ccsc2)c2c(N)nccn12. The van der Waals surface area contributed by atoms with Gasteiger partial charge in [0, 0.05) is 29.3 Å². The van der Waals surface area contributed by atoms with Gasteiger partial charge < -0.3 is 5.73 Å². The van der Waals surface area contributed by atoms with Gasteiger partial charge in [-0.3, -0.25) is 4.40 Å². The van der Waals surface area contributed by atoms with Crippen LogP contribution in [0.5, 0.6) is 0 Å². The fourth-order valence-electron chi connectivity index (χ4n) is 2.09. The molecule has 0 aliphatic carbocycles. The van der Waals surface area contributed by atoms with E-state index in [1.807, 2.05) is 16.0 Å². The van der Waals surface area contributed by atoms with Gasteiger partial charge in [0.15, 0.2) is 0 Å². The predicted molar refractivity (Wildman–Crippen MR) is 74.8 cm³/mol. The Morgan fingerprint density at radius 1 is 1.39 bits per heavy atom. The van der Waals surface area contributed by atoms with Crippen LogP contribution >= 0.6 is 11.3 Å². The van der Waals surface area contributed by atoms with Gasteiger partial charge in [-0.1, -0.05) is 13.8 Å². The van der Waals surface area contributed by atoms with Crippen LogP contribution in [-0.4, -0.2) is 14.4 Å². The third kappa shape index (κ3) is 1.59. The van der Waals surface area contributed by atoms with Gasteiger partial charge in [-0.05, 0) is 11.4 Å². The van der Waals surface area contributed by atoms with Crippen LogP contribution in [0.3, 0.4) is 0 Å². The molecule has 0 fully saturated rings. The zero-order valence-electron chi connectivity index (χ0n) is 10.3. The van der Waals surface area contributed by atoms with E-state index in [2.05, 4.69) is 30.3 Å². The number of thiophene rings is 1. The van der Waals surface area contributed by atoms with E-state index in [-0.39, 0.29) is 0 Å². The van der Waals surface area contributed by atoms with Gasteiger partial charge in [0.05, 0.1) is 0 Å². The normalized spacial score (nSPS) is 11.5. The average Bonchev–Trinajstić information content (AvgIpc) is 2.95. The number of hydrogen-bond donors (Lipinski definition) is 1. The van der Waals surface area contributed by atoms with Gasteiger partial charge in [-0.25, -0.2) is 9.97 Å². The summed E-state index contributed by atoms with van der Waals surface area (Å²) in [6.07, 6.45) is 3.64. The molecule has 0 spiro atoms. The zero-order valence-corrected chi connectivity index (χ0v) is 11.1. The van der Waals surface area contributed by atoms with Crippen molar-refractivity contribution in [2.75, 3.05) is 5.73 Å². The summed E-state index contributed by atoms with van der Waals surface area (Å²) in [6.45, 7) is 4.26. The fraction of sp³-hybridized carbons (Fsp3) is 0.231. The quantitative estimate of drug-likeness (QED) is 0.768. The summed E-state index contributed by atoms with van der Waals surface area (Å²) in [6, 6.07) is 2.06. The van der Waals surface area contributed by atoms with Gasteiger partial charge in [-0.2, -0.15) is 11.3 Å². The molecule has 0 saturated carbocycles. The first-order chi connectivity index (χ1) is 8.68. The third-order valence-corrected chi connectivity index (χ3v) is 3.60. The van der Waals surface area contributed by atoms with Crippen molar-refractivity contribution in [3.05, 3.63) is 35.0 Å². The van der Waals surface area contributed by atoms with Gasteiger partial charge in [-0.15, -0.1) is 0 Å². The molecule has 0 bridgehead atoms. The van der Waals surface area contributed by atoms with E-state index in [1.54, 1.807) is 17.5 Å². The van der Waals surface area contributed by atoms with Crippen LogP contribution in [-0.2, 0) is 0 Å². The highest BCUT2D eigenvalue weighted by atomic mass is 32.1. The summed E-state index contributed by atoms with van der Waals surface area (Å²) >= 11 is 1.66. The van der Waals surface area contributed by atoms with Gasteiger partial charge >= 0.3 is 0 Å². The molecule has 3 aromatic heterocycles. The molecular weight excluding hydrogens is 244 g/mol. The predicted octanol–water partition coefficient (Wildman–Crippen LogP) is 3.16. The number of nitrogens with two attached hydrogens (primary N) is 1. The summed E-state index contributed by atoms with van der Waals surface area (Å²) in [7, 11) is 0. The molecule has 0 atom stereocenters. The number of hydrogen-bond acceptors (Lipinski definition) is 4. The van der Waals surface area contributed by atoms with Crippen molar-refractivity contribution >= 4 is 22.7 Å². The highest BCUT2D eigenvalue weighted by molar-refractivity contribution is 7.08. The maximum atomic E-state index is 6.01. The van der Waals surface area contributed by atoms with Crippen LogP contribution in [0.2, 0.25) is 0 Å². The van der Waals surface area contributed by atoms with Crippen LogP contribution < -0.4 is 5.73 Å². The summed E-state index contributed by atoms with van der Waals surface area (Å²) in [4.78, 5) is 8.91. The molecule has 3 rings (SSSR count). The number of rotatable bonds is 2. The van der Waals surface area contributed by atoms with Gasteiger partial charge in [0.2, 0.25) is 0 Å². The Hall–Kier alpha value is -1.88. The molecule has 3 aromatic rings. The maximum Gasteiger partial charge on any atom is 0.150 e. The van der Waals surface area contributed by atoms with Crippen molar-refractivity contribution in [3.8, 4) is 11.3 Å². The number of aromatic nitrogens is 3. The molecule has 0 aliphatic rings. The van der Waals surface area contributed by atoms with Crippen molar-refractivity contribution in [1.82, 2.24) is 14.4 Å². The molecule has 4 nitrogen and oxygen atoms in total. The topological polar surface area (TPSA) is 56.2 Å². The average molecular weight is 258 g/mol. The van der Waals surface area contributed by atoms with E-state index < -0.39 is 0 Å². The van der Waals surface area contributed by atoms with E-state index in [0.29, 0.717) is 11.7 Å². The first-order valence-electron chi connectivity index (χ1n) is 5.83. The lowest BCUT2D eigenvalue weighted by atomic mass is 10.2. The van der Waals surface area contributed by atoms with Crippen molar-refractivity contribution in [1.29, 1.82) is 0 Å². The minimum Gasteiger partial charge on any atom is -0.382 e. The van der Waals surface area contributed by atoms with Crippen LogP contribution in [0.25, 0.3) is 16.8 Å². The maximum absolute atomic E-state index is 6.01. The number of nitrogen functional groups attached to an aromatic ring is 1. The Balaban J connectivity index is 2.39. The third-order valence-electron chi connectivity index (χ3n) is 2.92. The minimum atomic E-state index is 0.340. The van der Waals surface area contributed by atoms with E-state index in [4.69, 9.17) is 10.7 Å². The van der Waals surface area contributed by atoms with Crippen LogP contribution in [0.1, 0.15) is 25.6 Å². The Kier molecular flexibility index (Phi) is 2.56. The Labute approximate surface area is 109 Å². The van der Waals surface area contributed by atoms with E-state index in [0.717, 1.165) is 22.6 Å². The second-order valence-corrected chi connectivity index (χ2v) is 5.30. The first kappa shape index (κ1) is 11.2. The lowest BCUT2D eigenvalue weighted by Gasteiger charge is -2.03. The largest absolute Gasteiger partial charge is 0.382 e. The number of fused-ring (bicyclic) bond motifs is 1. The monoisotopic (exact) mass is 258 g/mol. The molecular formula is C13H14N4S. The molecule has 0 radical (unpaired) electrons. The molecule has 0 unspecified atom stereocenters. The van der Waals surface area contributed by atoms with Crippen LogP contribution in [0.4, 0.5) is 5.82 Å². The Morgan fingerprint density at radius 2 is 2.22 bits per heavy atom. The molecule has 3 heterocycles. The first-order valence-corrected chi connectivity index (χ1v) is 6.77. The standard InChI is InChI=1S/C13H14N4S/c1-8(2)13-16-10(9-3-6-18-7-9)11-12(14)15-4-5-17(11)13/h3-8H,1-2H3,(H2,14,15). The highest BCUT2D eigenvalue weighted by Gasteiger charge is 2.17. The summed E-state index contributed by atoms with van der Waals surface area (Å²) in [5, 5.41) is 4.13. The van der Waals surface area contributed by atoms with Crippen molar-refractivity contribution < 1.29 is 0 Å². The second kappa shape index (κ2) is 4.10. The molecule has 2 N–H and O–H groups in total. The number of anilines is 1. The van der Waals surface area contributed by atoms with E-state index in [9.17, 15) is 0 Å². The summed E-state index contributed by atoms with van der Waals surface area (Å²) < 4.78 is 2.04. The Bertz CT molecular complexity index is 682. The zero-order chi connectivity index (χ0) is 12.7. The van der Waals surface area contributed by atoms with Crippen molar-refractivity contribution in [3.63, 3.8) is 0 Å². The molecule has 0 aliphatic heterocycles. The van der Waals surface area contributed by atoms with Crippen LogP contribution in [0.15, 0.2) is 29.2 Å². The summed E-state index contributed by atoms with van der Waals surface area (Å²) in [5.41, 5.74) is 8.93. The number of imidazole rings is 1. The molecule has 18 heavy (non-hydrogen) atoms. The van der Waals surface area contributed by atoms with Gasteiger partial charge in [0.25, 0.3) is 0 Å². The van der Waals surface area contributed by atoms with Crippen molar-refractivity contribution in [2.45, 2.75) is 19.8 Å². The van der Waals surface area contributed by atoms with Crippen molar-refractivity contribution in [2.24, 2.45) is 0 Å². The second-order valence-electron chi connectivity index (χ2n) is 4.52. The highest BCUT2D eigenvalue weighted by Crippen LogP contribution is 2.31. The smallest absolute Gasteiger partial charge is 0.150 e. The molecule has 0 saturated heterocycles. The van der Waals surface area contributed by atoms with E-state index >= 15 is 0 Å². The lowest BCUT2D eigenvalue weighted by Crippen LogP contribution is -1.99. The lowest BCUT2D eigenvalue weighted by molar-refractivity contribution is 0.770.